The first-order valence-corrected chi connectivity index (χ1v) is 12.0. The predicted octanol–water partition coefficient (Wildman–Crippen LogP) is 7.10. The summed E-state index contributed by atoms with van der Waals surface area (Å²) in [5, 5.41) is 1.21. The van der Waals surface area contributed by atoms with E-state index in [1.165, 1.54) is 11.3 Å². The van der Waals surface area contributed by atoms with E-state index in [-0.39, 0.29) is 18.3 Å². The number of amides is 1. The molecule has 0 atom stereocenters. The molecule has 0 saturated carbocycles. The number of imidazole rings is 1. The van der Waals surface area contributed by atoms with Crippen molar-refractivity contribution in [2.24, 2.45) is 0 Å². The normalized spacial score (nSPS) is 10.7. The van der Waals surface area contributed by atoms with Crippen molar-refractivity contribution in [3.63, 3.8) is 0 Å². The fourth-order valence-corrected chi connectivity index (χ4v) is 4.87. The molecule has 0 spiro atoms. The largest absolute Gasteiger partial charge is 0.457 e. The number of fused-ring (bicyclic) bond motifs is 1. The second-order valence-electron chi connectivity index (χ2n) is 7.63. The van der Waals surface area contributed by atoms with Crippen LogP contribution in [0.3, 0.4) is 0 Å². The molecule has 0 saturated heterocycles. The number of carbonyl (C=O) groups is 1. The number of nitrogens with zero attached hydrogens (tertiary/aromatic N) is 4. The fraction of sp³-hybridized carbons (Fsp3) is 0.115. The van der Waals surface area contributed by atoms with Crippen LogP contribution in [0.5, 0.6) is 11.5 Å². The van der Waals surface area contributed by atoms with E-state index in [0.29, 0.717) is 33.5 Å². The highest BCUT2D eigenvalue weighted by atomic mass is 35.5. The summed E-state index contributed by atoms with van der Waals surface area (Å²) in [6.07, 6.45) is 6.18. The summed E-state index contributed by atoms with van der Waals surface area (Å²) < 4.78 is 8.80. The van der Waals surface area contributed by atoms with Gasteiger partial charge in [-0.1, -0.05) is 47.2 Å². The number of anilines is 1. The quantitative estimate of drug-likeness (QED) is 0.217. The Kier molecular flexibility index (Phi) is 8.02. The molecule has 2 aromatic heterocycles. The summed E-state index contributed by atoms with van der Waals surface area (Å²) in [5.41, 5.74) is 1.27. The zero-order valence-electron chi connectivity index (χ0n) is 18.6. The molecular formula is C26H22Cl2N4O2S. The number of rotatable bonds is 8. The summed E-state index contributed by atoms with van der Waals surface area (Å²) in [6, 6.07) is 22.4. The second kappa shape index (κ2) is 11.4. The lowest BCUT2D eigenvalue weighted by Crippen LogP contribution is -2.32. The molecule has 9 heteroatoms. The molecule has 0 radical (unpaired) electrons. The van der Waals surface area contributed by atoms with Gasteiger partial charge in [0.1, 0.15) is 17.0 Å². The van der Waals surface area contributed by atoms with Gasteiger partial charge in [-0.25, -0.2) is 9.97 Å². The molecular weight excluding hydrogens is 503 g/mol. The number of para-hydroxylation sites is 2. The Hall–Kier alpha value is -3.39. The maximum absolute atomic E-state index is 13.6. The minimum Gasteiger partial charge on any atom is -0.457 e. The maximum atomic E-state index is 13.6. The molecule has 0 unspecified atom stereocenters. The SMILES string of the molecule is Cl.O=C(c1ccc(Oc2ccccc2)cc1)N(CCCn1ccnc1)c1nc2c(Cl)cccc2s1. The zero-order valence-corrected chi connectivity index (χ0v) is 21.0. The van der Waals surface area contributed by atoms with E-state index in [1.807, 2.05) is 59.3 Å². The molecule has 0 aliphatic heterocycles. The summed E-state index contributed by atoms with van der Waals surface area (Å²) in [7, 11) is 0. The predicted molar refractivity (Wildman–Crippen MR) is 143 cm³/mol. The minimum absolute atomic E-state index is 0. The van der Waals surface area contributed by atoms with Crippen molar-refractivity contribution >= 4 is 56.6 Å². The Bertz CT molecular complexity index is 1390. The van der Waals surface area contributed by atoms with Gasteiger partial charge in [0.05, 0.1) is 16.0 Å². The monoisotopic (exact) mass is 524 g/mol. The number of aryl methyl sites for hydroxylation is 1. The van der Waals surface area contributed by atoms with E-state index in [2.05, 4.69) is 4.98 Å². The minimum atomic E-state index is -0.118. The van der Waals surface area contributed by atoms with Crippen LogP contribution < -0.4 is 9.64 Å². The zero-order chi connectivity index (χ0) is 23.3. The van der Waals surface area contributed by atoms with Crippen molar-refractivity contribution in [3.8, 4) is 11.5 Å². The Labute approximate surface area is 218 Å². The van der Waals surface area contributed by atoms with Crippen molar-refractivity contribution in [2.75, 3.05) is 11.4 Å². The topological polar surface area (TPSA) is 60.2 Å². The third-order valence-electron chi connectivity index (χ3n) is 5.27. The van der Waals surface area contributed by atoms with Crippen LogP contribution in [-0.4, -0.2) is 27.0 Å². The lowest BCUT2D eigenvalue weighted by Gasteiger charge is -2.20. The van der Waals surface area contributed by atoms with Crippen LogP contribution in [-0.2, 0) is 6.54 Å². The van der Waals surface area contributed by atoms with Gasteiger partial charge in [-0.15, -0.1) is 12.4 Å². The average Bonchev–Trinajstić information content (AvgIpc) is 3.53. The van der Waals surface area contributed by atoms with Crippen molar-refractivity contribution in [3.05, 3.63) is 102 Å². The van der Waals surface area contributed by atoms with Crippen LogP contribution in [0, 0.1) is 0 Å². The number of carbonyl (C=O) groups excluding carboxylic acids is 1. The van der Waals surface area contributed by atoms with E-state index in [9.17, 15) is 4.79 Å². The molecule has 0 N–H and O–H groups in total. The number of benzene rings is 3. The van der Waals surface area contributed by atoms with Gasteiger partial charge in [0.25, 0.3) is 5.91 Å². The molecule has 2 heterocycles. The van der Waals surface area contributed by atoms with Gasteiger partial charge in [0.2, 0.25) is 0 Å². The molecule has 1 amide bonds. The van der Waals surface area contributed by atoms with Gasteiger partial charge in [-0.05, 0) is 55.0 Å². The summed E-state index contributed by atoms with van der Waals surface area (Å²) >= 11 is 7.81. The molecule has 3 aromatic carbocycles. The number of aromatic nitrogens is 3. The van der Waals surface area contributed by atoms with Crippen molar-refractivity contribution in [2.45, 2.75) is 13.0 Å². The Balaban J connectivity index is 0.00000289. The van der Waals surface area contributed by atoms with Crippen LogP contribution in [0.15, 0.2) is 91.5 Å². The number of ether oxygens (including phenoxy) is 1. The highest BCUT2D eigenvalue weighted by molar-refractivity contribution is 7.22. The Morgan fingerprint density at radius 2 is 1.77 bits per heavy atom. The van der Waals surface area contributed by atoms with E-state index in [0.717, 1.165) is 23.4 Å². The smallest absolute Gasteiger partial charge is 0.260 e. The van der Waals surface area contributed by atoms with Gasteiger partial charge in [0.15, 0.2) is 5.13 Å². The molecule has 6 nitrogen and oxygen atoms in total. The number of halogens is 2. The van der Waals surface area contributed by atoms with E-state index in [4.69, 9.17) is 21.3 Å². The van der Waals surface area contributed by atoms with E-state index >= 15 is 0 Å². The first-order valence-electron chi connectivity index (χ1n) is 10.8. The molecule has 0 aliphatic rings. The Morgan fingerprint density at radius 1 is 1.00 bits per heavy atom. The van der Waals surface area contributed by atoms with Gasteiger partial charge in [-0.2, -0.15) is 0 Å². The van der Waals surface area contributed by atoms with E-state index < -0.39 is 0 Å². The average molecular weight is 525 g/mol. The molecule has 178 valence electrons. The second-order valence-corrected chi connectivity index (χ2v) is 9.05. The standard InChI is InChI=1S/C26H21ClN4O2S.ClH/c27-22-8-4-9-23-24(22)29-26(34-23)31(16-5-15-30-17-14-28-18-30)25(32)19-10-12-21(13-11-19)33-20-6-2-1-3-7-20;/h1-4,6-14,17-18H,5,15-16H2;1H. The van der Waals surface area contributed by atoms with Crippen molar-refractivity contribution in [1.29, 1.82) is 0 Å². The maximum Gasteiger partial charge on any atom is 0.260 e. The molecule has 0 bridgehead atoms. The van der Waals surface area contributed by atoms with Gasteiger partial charge < -0.3 is 9.30 Å². The van der Waals surface area contributed by atoms with Gasteiger partial charge in [0, 0.05) is 31.0 Å². The lowest BCUT2D eigenvalue weighted by atomic mass is 10.2. The number of thiazole rings is 1. The molecule has 0 aliphatic carbocycles. The first kappa shape index (κ1) is 24.7. The molecule has 0 fully saturated rings. The van der Waals surface area contributed by atoms with Crippen LogP contribution >= 0.6 is 35.3 Å². The third kappa shape index (κ3) is 5.82. The lowest BCUT2D eigenvalue weighted by molar-refractivity contribution is 0.0986. The number of hydrogen-bond donors (Lipinski definition) is 0. The third-order valence-corrected chi connectivity index (χ3v) is 6.62. The highest BCUT2D eigenvalue weighted by Gasteiger charge is 2.22. The highest BCUT2D eigenvalue weighted by Crippen LogP contribution is 2.33. The van der Waals surface area contributed by atoms with Crippen LogP contribution in [0.2, 0.25) is 5.02 Å². The molecule has 5 rings (SSSR count). The summed E-state index contributed by atoms with van der Waals surface area (Å²) in [6.45, 7) is 1.26. The van der Waals surface area contributed by atoms with E-state index in [1.54, 1.807) is 41.7 Å². The van der Waals surface area contributed by atoms with Gasteiger partial charge >= 0.3 is 0 Å². The summed E-state index contributed by atoms with van der Waals surface area (Å²) in [5.74, 6) is 1.29. The van der Waals surface area contributed by atoms with Gasteiger partial charge in [-0.3, -0.25) is 9.69 Å². The van der Waals surface area contributed by atoms with Crippen LogP contribution in [0.1, 0.15) is 16.8 Å². The number of hydrogen-bond acceptors (Lipinski definition) is 5. The first-order chi connectivity index (χ1) is 16.7. The summed E-state index contributed by atoms with van der Waals surface area (Å²) in [4.78, 5) is 24.1. The van der Waals surface area contributed by atoms with Crippen LogP contribution in [0.4, 0.5) is 5.13 Å². The Morgan fingerprint density at radius 3 is 2.49 bits per heavy atom. The molecule has 5 aromatic rings. The van der Waals surface area contributed by atoms with Crippen molar-refractivity contribution < 1.29 is 9.53 Å². The fourth-order valence-electron chi connectivity index (χ4n) is 3.58. The molecule has 35 heavy (non-hydrogen) atoms. The van der Waals surface area contributed by atoms with Crippen molar-refractivity contribution in [1.82, 2.24) is 14.5 Å². The van der Waals surface area contributed by atoms with Crippen LogP contribution in [0.25, 0.3) is 10.2 Å².